The Hall–Kier alpha value is -0.620. The van der Waals surface area contributed by atoms with Crippen LogP contribution in [0.25, 0.3) is 0 Å². The largest absolute Gasteiger partial charge is 0.461 e. The molecule has 0 aliphatic heterocycles. The third-order valence-corrected chi connectivity index (χ3v) is 2.66. The molecule has 0 saturated heterocycles. The minimum atomic E-state index is -0.271. The van der Waals surface area contributed by atoms with Gasteiger partial charge in [-0.3, -0.25) is 4.79 Å². The highest BCUT2D eigenvalue weighted by Crippen LogP contribution is 2.07. The van der Waals surface area contributed by atoms with Crippen LogP contribution in [0.4, 0.5) is 0 Å². The second kappa shape index (κ2) is 6.79. The maximum atomic E-state index is 11.2. The van der Waals surface area contributed by atoms with Crippen LogP contribution in [0.5, 0.6) is 0 Å². The number of aliphatic hydroxyl groups is 1. The van der Waals surface area contributed by atoms with Crippen molar-refractivity contribution in [3.63, 3.8) is 0 Å². The molecule has 4 heteroatoms. The van der Waals surface area contributed by atoms with Gasteiger partial charge < -0.3 is 9.84 Å². The van der Waals surface area contributed by atoms with Crippen molar-refractivity contribution in [1.29, 1.82) is 0 Å². The molecule has 1 rings (SSSR count). The number of halogens is 1. The van der Waals surface area contributed by atoms with Gasteiger partial charge in [-0.25, -0.2) is 0 Å². The van der Waals surface area contributed by atoms with E-state index < -0.39 is 0 Å². The van der Waals surface area contributed by atoms with Gasteiger partial charge >= 0.3 is 5.97 Å². The van der Waals surface area contributed by atoms with Crippen LogP contribution in [-0.4, -0.2) is 21.6 Å². The topological polar surface area (TPSA) is 46.5 Å². The molecule has 0 spiro atoms. The van der Waals surface area contributed by atoms with Crippen molar-refractivity contribution in [3.05, 3.63) is 35.9 Å². The summed E-state index contributed by atoms with van der Waals surface area (Å²) in [6.07, 6.45) is 0.254. The van der Waals surface area contributed by atoms with Crippen LogP contribution in [0.1, 0.15) is 12.0 Å². The third kappa shape index (κ3) is 5.13. The molecule has 0 fully saturated rings. The van der Waals surface area contributed by atoms with Crippen molar-refractivity contribution < 1.29 is 14.6 Å². The van der Waals surface area contributed by atoms with E-state index in [1.54, 1.807) is 0 Å². The first-order valence-electron chi connectivity index (χ1n) is 4.67. The van der Waals surface area contributed by atoms with E-state index in [2.05, 4.69) is 0 Å². The van der Waals surface area contributed by atoms with Crippen LogP contribution < -0.4 is 0 Å². The molecule has 0 unspecified atom stereocenters. The number of benzene rings is 1. The molecule has 1 aromatic carbocycles. The first-order valence-corrected chi connectivity index (χ1v) is 5.91. The third-order valence-electron chi connectivity index (χ3n) is 1.83. The number of aliphatic hydroxyl groups excluding tert-OH is 1. The summed E-state index contributed by atoms with van der Waals surface area (Å²) in [7, 11) is 0. The molecule has 0 bridgehead atoms. The summed E-state index contributed by atoms with van der Waals surface area (Å²) >= 11 is 2.02. The average Bonchev–Trinajstić information content (AvgIpc) is 2.27. The fraction of sp³-hybridized carbons (Fsp3) is 0.364. The number of rotatable bonds is 5. The number of hydrogen-bond acceptors (Lipinski definition) is 3. The Kier molecular flexibility index (Phi) is 5.63. The number of hydrogen-bond donors (Lipinski definition) is 1. The Morgan fingerprint density at radius 1 is 1.40 bits per heavy atom. The summed E-state index contributed by atoms with van der Waals surface area (Å²) in [5.74, 6) is -0.271. The fourth-order valence-corrected chi connectivity index (χ4v) is 1.40. The molecule has 0 aliphatic rings. The van der Waals surface area contributed by atoms with Gasteiger partial charge in [-0.15, -0.1) is 0 Å². The lowest BCUT2D eigenvalue weighted by Crippen LogP contribution is -2.13. The van der Waals surface area contributed by atoms with Gasteiger partial charge in [0.15, 0.2) is 0 Å². The van der Waals surface area contributed by atoms with E-state index in [1.807, 2.05) is 52.9 Å². The summed E-state index contributed by atoms with van der Waals surface area (Å²) in [5, 5.41) is 8.75. The normalized spacial score (nSPS) is 12.1. The monoisotopic (exact) mass is 320 g/mol. The molecule has 0 heterocycles. The van der Waals surface area contributed by atoms with E-state index in [9.17, 15) is 4.79 Å². The number of esters is 1. The van der Waals surface area contributed by atoms with Gasteiger partial charge in [0.05, 0.1) is 13.0 Å². The first-order chi connectivity index (χ1) is 7.22. The Balaban J connectivity index is 2.29. The zero-order chi connectivity index (χ0) is 11.1. The molecule has 82 valence electrons. The van der Waals surface area contributed by atoms with E-state index in [0.29, 0.717) is 6.61 Å². The summed E-state index contributed by atoms with van der Waals surface area (Å²) in [6.45, 7) is 0.301. The summed E-state index contributed by atoms with van der Waals surface area (Å²) in [4.78, 5) is 11.2. The number of carbonyl (C=O) groups is 1. The van der Waals surface area contributed by atoms with Crippen LogP contribution in [0.3, 0.4) is 0 Å². The molecular weight excluding hydrogens is 307 g/mol. The van der Waals surface area contributed by atoms with Crippen molar-refractivity contribution in [2.75, 3.05) is 6.61 Å². The minimum absolute atomic E-state index is 0.000989. The summed E-state index contributed by atoms with van der Waals surface area (Å²) in [5.41, 5.74) is 0.972. The zero-order valence-electron chi connectivity index (χ0n) is 8.23. The van der Waals surface area contributed by atoms with E-state index in [-0.39, 0.29) is 22.9 Å². The smallest absolute Gasteiger partial charge is 0.307 e. The minimum Gasteiger partial charge on any atom is -0.461 e. The van der Waals surface area contributed by atoms with Crippen LogP contribution in [0, 0.1) is 0 Å². The van der Waals surface area contributed by atoms with E-state index in [4.69, 9.17) is 9.84 Å². The maximum absolute atomic E-state index is 11.2. The molecule has 15 heavy (non-hydrogen) atoms. The van der Waals surface area contributed by atoms with E-state index >= 15 is 0 Å². The molecular formula is C11H13IO3. The molecule has 1 atom stereocenters. The van der Waals surface area contributed by atoms with Crippen molar-refractivity contribution in [3.8, 4) is 0 Å². The van der Waals surface area contributed by atoms with Crippen molar-refractivity contribution in [1.82, 2.24) is 0 Å². The predicted octanol–water partition coefficient (Wildman–Crippen LogP) is 1.92. The van der Waals surface area contributed by atoms with Gasteiger partial charge in [0.1, 0.15) is 6.61 Å². The lowest BCUT2D eigenvalue weighted by molar-refractivity contribution is -0.145. The molecule has 3 nitrogen and oxygen atoms in total. The summed E-state index contributed by atoms with van der Waals surface area (Å²) in [6, 6.07) is 9.52. The molecule has 0 aromatic heterocycles. The standard InChI is InChI=1S/C11H13IO3/c12-10(7-13)6-11(14)15-8-9-4-2-1-3-5-9/h1-5,10,13H,6-8H2/t10-/m0/s1. The fourth-order valence-electron chi connectivity index (χ4n) is 1.04. The zero-order valence-corrected chi connectivity index (χ0v) is 10.4. The Morgan fingerprint density at radius 2 is 2.07 bits per heavy atom. The maximum Gasteiger partial charge on any atom is 0.307 e. The van der Waals surface area contributed by atoms with Crippen LogP contribution >= 0.6 is 22.6 Å². The molecule has 1 aromatic rings. The molecule has 0 amide bonds. The van der Waals surface area contributed by atoms with Gasteiger partial charge in [-0.2, -0.15) is 0 Å². The van der Waals surface area contributed by atoms with Crippen molar-refractivity contribution in [2.45, 2.75) is 17.0 Å². The van der Waals surface area contributed by atoms with Crippen LogP contribution in [0.2, 0.25) is 0 Å². The quantitative estimate of drug-likeness (QED) is 0.512. The highest BCUT2D eigenvalue weighted by atomic mass is 127. The second-order valence-electron chi connectivity index (χ2n) is 3.13. The Labute approximate surface area is 103 Å². The lowest BCUT2D eigenvalue weighted by Gasteiger charge is -2.07. The second-order valence-corrected chi connectivity index (χ2v) is 4.89. The van der Waals surface area contributed by atoms with Gasteiger partial charge in [-0.1, -0.05) is 52.9 Å². The van der Waals surface area contributed by atoms with Crippen LogP contribution in [-0.2, 0) is 16.1 Å². The number of ether oxygens (including phenoxy) is 1. The molecule has 0 aliphatic carbocycles. The number of carbonyl (C=O) groups excluding carboxylic acids is 1. The van der Waals surface area contributed by atoms with Crippen molar-refractivity contribution >= 4 is 28.6 Å². The van der Waals surface area contributed by atoms with Gasteiger partial charge in [0.25, 0.3) is 0 Å². The SMILES string of the molecule is O=C(C[C@H](I)CO)OCc1ccccc1. The number of alkyl halides is 1. The van der Waals surface area contributed by atoms with Gasteiger partial charge in [-0.05, 0) is 5.56 Å². The molecule has 0 saturated carbocycles. The van der Waals surface area contributed by atoms with Gasteiger partial charge in [0, 0.05) is 3.92 Å². The predicted molar refractivity (Wildman–Crippen MR) is 65.7 cm³/mol. The average molecular weight is 320 g/mol. The van der Waals surface area contributed by atoms with Gasteiger partial charge in [0.2, 0.25) is 0 Å². The lowest BCUT2D eigenvalue weighted by atomic mass is 10.2. The van der Waals surface area contributed by atoms with E-state index in [1.165, 1.54) is 0 Å². The van der Waals surface area contributed by atoms with E-state index in [0.717, 1.165) is 5.56 Å². The molecule has 1 N–H and O–H groups in total. The first kappa shape index (κ1) is 12.4. The Morgan fingerprint density at radius 3 is 2.67 bits per heavy atom. The van der Waals surface area contributed by atoms with Crippen molar-refractivity contribution in [2.24, 2.45) is 0 Å². The highest BCUT2D eigenvalue weighted by molar-refractivity contribution is 14.1. The summed E-state index contributed by atoms with van der Waals surface area (Å²) < 4.78 is 4.98. The Bertz CT molecular complexity index is 300. The highest BCUT2D eigenvalue weighted by Gasteiger charge is 2.10. The molecule has 0 radical (unpaired) electrons. The van der Waals surface area contributed by atoms with Crippen LogP contribution in [0.15, 0.2) is 30.3 Å².